The van der Waals surface area contributed by atoms with Gasteiger partial charge in [-0.1, -0.05) is 30.3 Å². The van der Waals surface area contributed by atoms with E-state index in [1.807, 2.05) is 29.0 Å². The highest BCUT2D eigenvalue weighted by molar-refractivity contribution is 5.79. The lowest BCUT2D eigenvalue weighted by Gasteiger charge is -2.34. The highest BCUT2D eigenvalue weighted by Gasteiger charge is 2.30. The van der Waals surface area contributed by atoms with Crippen molar-refractivity contribution in [2.24, 2.45) is 5.92 Å². The number of nitrogens with zero attached hydrogens (tertiary/aromatic N) is 5. The maximum Gasteiger partial charge on any atom is 0.224 e. The first kappa shape index (κ1) is 19.7. The molecule has 0 radical (unpaired) electrons. The van der Waals surface area contributed by atoms with Gasteiger partial charge in [-0.05, 0) is 32.1 Å². The van der Waals surface area contributed by atoms with Crippen molar-refractivity contribution in [1.82, 2.24) is 24.8 Å². The molecule has 1 saturated heterocycles. The molecule has 3 aromatic rings. The summed E-state index contributed by atoms with van der Waals surface area (Å²) in [6.45, 7) is 3.01. The van der Waals surface area contributed by atoms with Crippen LogP contribution in [0.15, 0.2) is 49.1 Å². The molecule has 1 aliphatic heterocycles. The molecule has 1 aromatic carbocycles. The molecule has 0 spiro atoms. The lowest BCUT2D eigenvalue weighted by molar-refractivity contribution is -0.125. The summed E-state index contributed by atoms with van der Waals surface area (Å²) in [7, 11) is 0. The fraction of sp³-hybridized carbons (Fsp3) is 0.417. The van der Waals surface area contributed by atoms with Gasteiger partial charge in [0, 0.05) is 55.4 Å². The van der Waals surface area contributed by atoms with Crippen LogP contribution in [0.3, 0.4) is 0 Å². The van der Waals surface area contributed by atoms with Crippen molar-refractivity contribution in [2.45, 2.75) is 38.6 Å². The van der Waals surface area contributed by atoms with Crippen molar-refractivity contribution in [2.75, 3.05) is 24.5 Å². The summed E-state index contributed by atoms with van der Waals surface area (Å²) in [4.78, 5) is 29.1. The molecule has 1 amide bonds. The lowest BCUT2D eigenvalue weighted by Crippen LogP contribution is -2.44. The number of imidazole rings is 1. The van der Waals surface area contributed by atoms with E-state index >= 15 is 0 Å². The van der Waals surface area contributed by atoms with E-state index in [4.69, 9.17) is 9.97 Å². The molecule has 7 heteroatoms. The minimum absolute atomic E-state index is 0.0104. The Morgan fingerprint density at radius 2 is 2.03 bits per heavy atom. The molecule has 31 heavy (non-hydrogen) atoms. The third kappa shape index (κ3) is 4.31. The van der Waals surface area contributed by atoms with E-state index in [0.717, 1.165) is 62.4 Å². The Labute approximate surface area is 182 Å². The van der Waals surface area contributed by atoms with Gasteiger partial charge in [0.25, 0.3) is 0 Å². The first-order valence-electron chi connectivity index (χ1n) is 11.2. The van der Waals surface area contributed by atoms with Crippen LogP contribution in [0.2, 0.25) is 0 Å². The number of piperidine rings is 1. The number of benzene rings is 1. The second-order valence-corrected chi connectivity index (χ2v) is 8.39. The molecule has 3 heterocycles. The molecule has 2 aromatic heterocycles. The third-order valence-corrected chi connectivity index (χ3v) is 6.26. The van der Waals surface area contributed by atoms with Crippen LogP contribution in [0.4, 0.5) is 5.82 Å². The van der Waals surface area contributed by atoms with Gasteiger partial charge in [0.05, 0.1) is 12.2 Å². The van der Waals surface area contributed by atoms with E-state index in [-0.39, 0.29) is 11.8 Å². The monoisotopic (exact) mass is 416 g/mol. The first-order valence-corrected chi connectivity index (χ1v) is 11.2. The van der Waals surface area contributed by atoms with Crippen LogP contribution in [0.1, 0.15) is 30.5 Å². The van der Waals surface area contributed by atoms with Crippen LogP contribution in [-0.4, -0.2) is 45.1 Å². The molecule has 1 N–H and O–H groups in total. The number of fused-ring (bicyclic) bond motifs is 1. The summed E-state index contributed by atoms with van der Waals surface area (Å²) in [6.07, 6.45) is 10.5. The maximum absolute atomic E-state index is 12.8. The summed E-state index contributed by atoms with van der Waals surface area (Å²) in [6, 6.07) is 10.2. The summed E-state index contributed by atoms with van der Waals surface area (Å²) < 4.78 is 1.97. The predicted octanol–water partition coefficient (Wildman–Crippen LogP) is 2.86. The van der Waals surface area contributed by atoms with Gasteiger partial charge in [-0.25, -0.2) is 15.0 Å². The first-order chi connectivity index (χ1) is 15.3. The number of carbonyl (C=O) groups excluding carboxylic acids is 1. The van der Waals surface area contributed by atoms with Crippen LogP contribution in [0, 0.1) is 5.92 Å². The number of aryl methyl sites for hydroxylation is 1. The van der Waals surface area contributed by atoms with Crippen LogP contribution >= 0.6 is 0 Å². The van der Waals surface area contributed by atoms with E-state index < -0.39 is 0 Å². The van der Waals surface area contributed by atoms with Gasteiger partial charge in [0.1, 0.15) is 5.82 Å². The number of aromatic nitrogens is 4. The quantitative estimate of drug-likeness (QED) is 0.669. The zero-order chi connectivity index (χ0) is 21.0. The van der Waals surface area contributed by atoms with Crippen molar-refractivity contribution in [1.29, 1.82) is 0 Å². The minimum atomic E-state index is -0.0104. The van der Waals surface area contributed by atoms with Crippen molar-refractivity contribution < 1.29 is 4.79 Å². The number of carbonyl (C=O) groups is 1. The predicted molar refractivity (Wildman–Crippen MR) is 120 cm³/mol. The fourth-order valence-corrected chi connectivity index (χ4v) is 4.65. The number of rotatable bonds is 6. The van der Waals surface area contributed by atoms with Gasteiger partial charge in [0.15, 0.2) is 5.82 Å². The highest BCUT2D eigenvalue weighted by Crippen LogP contribution is 2.33. The number of hydrogen-bond acceptors (Lipinski definition) is 5. The molecule has 1 atom stereocenters. The molecule has 0 saturated carbocycles. The van der Waals surface area contributed by atoms with Crippen molar-refractivity contribution in [3.63, 3.8) is 0 Å². The third-order valence-electron chi connectivity index (χ3n) is 6.26. The van der Waals surface area contributed by atoms with E-state index in [1.165, 1.54) is 11.3 Å². The molecular weight excluding hydrogens is 388 g/mol. The molecule has 1 aliphatic carbocycles. The number of hydrogen-bond donors (Lipinski definition) is 1. The maximum atomic E-state index is 12.8. The summed E-state index contributed by atoms with van der Waals surface area (Å²) in [5.74, 6) is 1.96. The summed E-state index contributed by atoms with van der Waals surface area (Å²) >= 11 is 0. The zero-order valence-corrected chi connectivity index (χ0v) is 17.7. The Morgan fingerprint density at radius 3 is 2.87 bits per heavy atom. The number of anilines is 1. The van der Waals surface area contributed by atoms with Crippen LogP contribution in [-0.2, 0) is 24.2 Å². The molecule has 5 rings (SSSR count). The molecule has 160 valence electrons. The Kier molecular flexibility index (Phi) is 5.65. The molecule has 1 unspecified atom stereocenters. The van der Waals surface area contributed by atoms with E-state index in [2.05, 4.69) is 27.3 Å². The Morgan fingerprint density at radius 1 is 1.13 bits per heavy atom. The van der Waals surface area contributed by atoms with E-state index in [0.29, 0.717) is 13.1 Å². The van der Waals surface area contributed by atoms with Crippen molar-refractivity contribution in [3.05, 3.63) is 60.3 Å². The van der Waals surface area contributed by atoms with E-state index in [9.17, 15) is 4.79 Å². The average molecular weight is 417 g/mol. The molecule has 7 nitrogen and oxygen atoms in total. The molecule has 0 bridgehead atoms. The Bertz CT molecular complexity index is 1030. The summed E-state index contributed by atoms with van der Waals surface area (Å²) in [5.41, 5.74) is 3.50. The lowest BCUT2D eigenvalue weighted by atomic mass is 9.96. The van der Waals surface area contributed by atoms with Gasteiger partial charge in [-0.3, -0.25) is 4.79 Å². The van der Waals surface area contributed by atoms with Gasteiger partial charge in [-0.2, -0.15) is 0 Å². The second kappa shape index (κ2) is 8.88. The number of amides is 1. The van der Waals surface area contributed by atoms with Gasteiger partial charge in [0.2, 0.25) is 5.91 Å². The Balaban J connectivity index is 1.31. The second-order valence-electron chi connectivity index (χ2n) is 8.39. The standard InChI is InChI=1S/C24H28N6O/c31-24(26-12-15-29-14-11-25-17-29)19-8-5-13-30(16-19)23-20-9-4-10-21(20)27-22(28-23)18-6-2-1-3-7-18/h1-3,6-7,11,14,17,19H,4-5,8-10,12-13,15-16H2,(H,26,31). The smallest absolute Gasteiger partial charge is 0.224 e. The summed E-state index contributed by atoms with van der Waals surface area (Å²) in [5, 5.41) is 3.11. The van der Waals surface area contributed by atoms with Crippen LogP contribution in [0.5, 0.6) is 0 Å². The van der Waals surface area contributed by atoms with Gasteiger partial charge >= 0.3 is 0 Å². The van der Waals surface area contributed by atoms with Gasteiger partial charge in [-0.15, -0.1) is 0 Å². The minimum Gasteiger partial charge on any atom is -0.355 e. The van der Waals surface area contributed by atoms with Crippen molar-refractivity contribution in [3.8, 4) is 11.4 Å². The van der Waals surface area contributed by atoms with Crippen LogP contribution in [0.25, 0.3) is 11.4 Å². The molecule has 1 fully saturated rings. The van der Waals surface area contributed by atoms with Crippen molar-refractivity contribution >= 4 is 11.7 Å². The SMILES string of the molecule is O=C(NCCn1ccnc1)C1CCCN(c2nc(-c3ccccc3)nc3c2CCC3)C1. The largest absolute Gasteiger partial charge is 0.355 e. The average Bonchev–Trinajstić information content (AvgIpc) is 3.51. The zero-order valence-electron chi connectivity index (χ0n) is 17.7. The van der Waals surface area contributed by atoms with Crippen LogP contribution < -0.4 is 10.2 Å². The Hall–Kier alpha value is -3.22. The number of nitrogens with one attached hydrogen (secondary N) is 1. The van der Waals surface area contributed by atoms with Gasteiger partial charge < -0.3 is 14.8 Å². The highest BCUT2D eigenvalue weighted by atomic mass is 16.1. The molecule has 2 aliphatic rings. The molecular formula is C24H28N6O. The normalized spacial score (nSPS) is 18.1. The fourth-order valence-electron chi connectivity index (χ4n) is 4.65. The van der Waals surface area contributed by atoms with E-state index in [1.54, 1.807) is 12.5 Å². The topological polar surface area (TPSA) is 75.9 Å².